The Morgan fingerprint density at radius 3 is 2.77 bits per heavy atom. The Morgan fingerprint density at radius 2 is 2.08 bits per heavy atom. The van der Waals surface area contributed by atoms with E-state index in [0.717, 1.165) is 17.6 Å². The summed E-state index contributed by atoms with van der Waals surface area (Å²) in [5, 5.41) is 11.6. The lowest BCUT2D eigenvalue weighted by Gasteiger charge is -2.10. The van der Waals surface area contributed by atoms with Crippen LogP contribution in [0, 0.1) is 0 Å². The molecular formula is C18H14Br2N2O3S. The van der Waals surface area contributed by atoms with Crippen molar-refractivity contribution in [3.05, 3.63) is 55.3 Å². The monoisotopic (exact) mass is 496 g/mol. The molecule has 1 N–H and O–H groups in total. The number of phenols is 1. The van der Waals surface area contributed by atoms with E-state index in [-0.39, 0.29) is 11.3 Å². The number of nitrogens with zero attached hydrogens (tertiary/aromatic N) is 2. The Labute approximate surface area is 169 Å². The van der Waals surface area contributed by atoms with Gasteiger partial charge in [0.05, 0.1) is 21.1 Å². The van der Waals surface area contributed by atoms with Crippen LogP contribution in [0.1, 0.15) is 24.9 Å². The van der Waals surface area contributed by atoms with Crippen LogP contribution in [-0.4, -0.2) is 14.7 Å². The number of aromatic hydroxyl groups is 1. The number of hydrogen-bond acceptors (Lipinski definition) is 5. The van der Waals surface area contributed by atoms with Crippen LogP contribution in [0.15, 0.2) is 42.6 Å². The second-order valence-electron chi connectivity index (χ2n) is 5.93. The maximum atomic E-state index is 13.3. The minimum Gasteiger partial charge on any atom is -0.505 e. The molecule has 8 heteroatoms. The van der Waals surface area contributed by atoms with Crippen molar-refractivity contribution in [1.82, 2.24) is 9.55 Å². The van der Waals surface area contributed by atoms with Crippen LogP contribution in [0.25, 0.3) is 20.3 Å². The van der Waals surface area contributed by atoms with Gasteiger partial charge in [0.15, 0.2) is 4.67 Å². The van der Waals surface area contributed by atoms with Crippen molar-refractivity contribution < 1.29 is 9.52 Å². The largest absolute Gasteiger partial charge is 0.505 e. The molecule has 5 nitrogen and oxygen atoms in total. The lowest BCUT2D eigenvalue weighted by Crippen LogP contribution is -2.25. The second kappa shape index (κ2) is 6.83. The summed E-state index contributed by atoms with van der Waals surface area (Å²) in [6, 6.07) is 7.23. The second-order valence-corrected chi connectivity index (χ2v) is 8.57. The van der Waals surface area contributed by atoms with Gasteiger partial charge in [0.25, 0.3) is 5.56 Å². The van der Waals surface area contributed by atoms with Gasteiger partial charge in [-0.05, 0) is 56.5 Å². The molecule has 0 saturated carbocycles. The van der Waals surface area contributed by atoms with Gasteiger partial charge in [0.2, 0.25) is 0 Å². The number of aryl methyl sites for hydroxylation is 1. The lowest BCUT2D eigenvalue weighted by molar-refractivity contribution is 0.464. The summed E-state index contributed by atoms with van der Waals surface area (Å²) in [6.45, 7) is 2.38. The Balaban J connectivity index is 2.01. The molecule has 4 aromatic rings. The van der Waals surface area contributed by atoms with Crippen molar-refractivity contribution in [3.8, 4) is 5.75 Å². The first-order valence-electron chi connectivity index (χ1n) is 8.07. The number of hydrogen-bond donors (Lipinski definition) is 1. The van der Waals surface area contributed by atoms with Crippen LogP contribution in [-0.2, 0) is 13.0 Å². The highest BCUT2D eigenvalue weighted by atomic mass is 79.9. The van der Waals surface area contributed by atoms with Crippen LogP contribution in [0.2, 0.25) is 0 Å². The van der Waals surface area contributed by atoms with Crippen molar-refractivity contribution in [2.45, 2.75) is 26.3 Å². The number of thiophene rings is 1. The molecule has 4 rings (SSSR count). The van der Waals surface area contributed by atoms with E-state index in [1.807, 2.05) is 12.1 Å². The van der Waals surface area contributed by atoms with Crippen LogP contribution < -0.4 is 5.56 Å². The van der Waals surface area contributed by atoms with Gasteiger partial charge >= 0.3 is 0 Å². The fourth-order valence-electron chi connectivity index (χ4n) is 3.00. The van der Waals surface area contributed by atoms with Gasteiger partial charge in [-0.3, -0.25) is 9.36 Å². The molecule has 1 aromatic carbocycles. The minimum absolute atomic E-state index is 0.112. The van der Waals surface area contributed by atoms with E-state index in [4.69, 9.17) is 9.40 Å². The fraction of sp³-hybridized carbons (Fsp3) is 0.222. The minimum atomic E-state index is -0.112. The summed E-state index contributed by atoms with van der Waals surface area (Å²) < 4.78 is 9.14. The molecule has 0 aliphatic heterocycles. The third-order valence-corrected chi connectivity index (χ3v) is 6.35. The van der Waals surface area contributed by atoms with Crippen LogP contribution in [0.3, 0.4) is 0 Å². The van der Waals surface area contributed by atoms with Crippen molar-refractivity contribution in [2.75, 3.05) is 0 Å². The van der Waals surface area contributed by atoms with E-state index in [9.17, 15) is 9.90 Å². The smallest absolute Gasteiger partial charge is 0.263 e. The zero-order valence-electron chi connectivity index (χ0n) is 13.8. The molecule has 0 amide bonds. The molecule has 0 atom stereocenters. The molecular weight excluding hydrogens is 484 g/mol. The first-order chi connectivity index (χ1) is 12.5. The summed E-state index contributed by atoms with van der Waals surface area (Å²) in [7, 11) is 0. The molecule has 3 heterocycles. The molecule has 0 bridgehead atoms. The van der Waals surface area contributed by atoms with Gasteiger partial charge in [0, 0.05) is 11.8 Å². The Hall–Kier alpha value is -1.64. The zero-order chi connectivity index (χ0) is 18.4. The van der Waals surface area contributed by atoms with Gasteiger partial charge in [-0.1, -0.05) is 13.0 Å². The molecule has 134 valence electrons. The van der Waals surface area contributed by atoms with Gasteiger partial charge < -0.3 is 9.52 Å². The quantitative estimate of drug-likeness (QED) is 0.407. The zero-order valence-corrected chi connectivity index (χ0v) is 17.7. The summed E-state index contributed by atoms with van der Waals surface area (Å²) >= 11 is 7.96. The predicted octanol–water partition coefficient (Wildman–Crippen LogP) is 5.44. The maximum absolute atomic E-state index is 13.3. The molecule has 26 heavy (non-hydrogen) atoms. The first-order valence-corrected chi connectivity index (χ1v) is 10.5. The van der Waals surface area contributed by atoms with Crippen LogP contribution in [0.4, 0.5) is 0 Å². The van der Waals surface area contributed by atoms with Gasteiger partial charge in [-0.15, -0.1) is 11.3 Å². The third-order valence-electron chi connectivity index (χ3n) is 4.18. The number of benzene rings is 1. The highest BCUT2D eigenvalue weighted by Crippen LogP contribution is 2.40. The van der Waals surface area contributed by atoms with Crippen molar-refractivity contribution in [3.63, 3.8) is 0 Å². The maximum Gasteiger partial charge on any atom is 0.263 e. The van der Waals surface area contributed by atoms with Gasteiger partial charge in [-0.25, -0.2) is 4.98 Å². The Morgan fingerprint density at radius 1 is 1.27 bits per heavy atom. The molecule has 0 aliphatic carbocycles. The fourth-order valence-corrected chi connectivity index (χ4v) is 4.93. The number of halogens is 2. The molecule has 0 aliphatic rings. The molecule has 0 unspecified atom stereocenters. The van der Waals surface area contributed by atoms with Crippen molar-refractivity contribution >= 4 is 63.5 Å². The number of phenolic OH excluding ortho intramolecular Hbond substituents is 1. The number of fused-ring (bicyclic) bond motifs is 3. The number of aromatic nitrogens is 2. The standard InChI is InChI=1S/C18H14Br2N2O3S/c1-2-3-13-21-17-14(10-5-6-11(19)15(23)16(10)26-17)18(24)22(13)8-9-4-7-12(20)25-9/h4-7,23H,2-3,8H2,1H3. The molecule has 0 spiro atoms. The first kappa shape index (κ1) is 17.8. The average molecular weight is 498 g/mol. The summed E-state index contributed by atoms with van der Waals surface area (Å²) in [6.07, 6.45) is 1.57. The van der Waals surface area contributed by atoms with E-state index in [2.05, 4.69) is 38.8 Å². The lowest BCUT2D eigenvalue weighted by atomic mass is 10.2. The average Bonchev–Trinajstić information content (AvgIpc) is 3.18. The van der Waals surface area contributed by atoms with E-state index in [0.29, 0.717) is 42.8 Å². The topological polar surface area (TPSA) is 68.3 Å². The van der Waals surface area contributed by atoms with Crippen molar-refractivity contribution in [1.29, 1.82) is 0 Å². The molecule has 3 aromatic heterocycles. The Bertz CT molecular complexity index is 1190. The van der Waals surface area contributed by atoms with E-state index >= 15 is 0 Å². The van der Waals surface area contributed by atoms with E-state index in [1.165, 1.54) is 11.3 Å². The van der Waals surface area contributed by atoms with E-state index < -0.39 is 0 Å². The summed E-state index contributed by atoms with van der Waals surface area (Å²) in [5.74, 6) is 1.55. The highest BCUT2D eigenvalue weighted by molar-refractivity contribution is 9.10. The SMILES string of the molecule is CCCc1nc2sc3c(O)c(Br)ccc3c2c(=O)n1Cc1ccc(Br)o1. The third kappa shape index (κ3) is 2.90. The molecule has 0 fully saturated rings. The number of furan rings is 1. The molecule has 0 radical (unpaired) electrons. The normalized spacial score (nSPS) is 11.7. The highest BCUT2D eigenvalue weighted by Gasteiger charge is 2.19. The van der Waals surface area contributed by atoms with Crippen LogP contribution in [0.5, 0.6) is 5.75 Å². The van der Waals surface area contributed by atoms with Crippen LogP contribution >= 0.6 is 43.2 Å². The summed E-state index contributed by atoms with van der Waals surface area (Å²) in [4.78, 5) is 18.7. The molecule has 0 saturated heterocycles. The predicted molar refractivity (Wildman–Crippen MR) is 110 cm³/mol. The Kier molecular flexibility index (Phi) is 4.66. The van der Waals surface area contributed by atoms with Crippen molar-refractivity contribution in [2.24, 2.45) is 0 Å². The van der Waals surface area contributed by atoms with Gasteiger partial charge in [0.1, 0.15) is 22.2 Å². The number of rotatable bonds is 4. The van der Waals surface area contributed by atoms with Gasteiger partial charge in [-0.2, -0.15) is 0 Å². The summed E-state index contributed by atoms with van der Waals surface area (Å²) in [5.41, 5.74) is -0.112. The van der Waals surface area contributed by atoms with E-state index in [1.54, 1.807) is 16.7 Å².